The van der Waals surface area contributed by atoms with E-state index in [0.29, 0.717) is 28.9 Å². The van der Waals surface area contributed by atoms with E-state index in [4.69, 9.17) is 0 Å². The number of Topliss-reactive ketones (excluding diaryl/α,β-unsaturated/α-hetero) is 2. The highest BCUT2D eigenvalue weighted by molar-refractivity contribution is 6.03. The largest absolute Gasteiger partial charge is 0.355 e. The number of H-pyrrole nitrogens is 1. The third kappa shape index (κ3) is 4.26. The highest BCUT2D eigenvalue weighted by Crippen LogP contribution is 2.19. The van der Waals surface area contributed by atoms with Crippen LogP contribution in [0.3, 0.4) is 0 Å². The second kappa shape index (κ2) is 8.10. The lowest BCUT2D eigenvalue weighted by Gasteiger charge is -2.16. The van der Waals surface area contributed by atoms with E-state index in [0.717, 1.165) is 11.3 Å². The smallest absolute Gasteiger partial charge is 0.251 e. The highest BCUT2D eigenvalue weighted by Gasteiger charge is 2.20. The Bertz CT molecular complexity index is 835. The molecule has 0 spiro atoms. The topological polar surface area (TPSA) is 82.3 Å². The summed E-state index contributed by atoms with van der Waals surface area (Å²) in [5.41, 5.74) is 4.14. The fraction of sp³-hybridized carbons (Fsp3) is 0.350. The number of aromatic nitrogens is 1. The van der Waals surface area contributed by atoms with Crippen molar-refractivity contribution in [3.05, 3.63) is 57.9 Å². The van der Waals surface area contributed by atoms with E-state index in [1.165, 1.54) is 6.92 Å². The first-order valence-corrected chi connectivity index (χ1v) is 8.47. The van der Waals surface area contributed by atoms with Crippen molar-refractivity contribution in [3.63, 3.8) is 0 Å². The zero-order valence-corrected chi connectivity index (χ0v) is 15.9. The van der Waals surface area contributed by atoms with E-state index < -0.39 is 0 Å². The molecule has 1 heterocycles. The Morgan fingerprint density at radius 3 is 2.23 bits per heavy atom. The highest BCUT2D eigenvalue weighted by atomic mass is 16.1. The molecule has 0 saturated carbocycles. The van der Waals surface area contributed by atoms with Crippen LogP contribution in [0.2, 0.25) is 0 Å². The quantitative estimate of drug-likeness (QED) is 0.748. The van der Waals surface area contributed by atoms with Gasteiger partial charge in [0, 0.05) is 30.4 Å². The monoisotopic (exact) mass is 355 g/mol. The number of aromatic amines is 1. The summed E-state index contributed by atoms with van der Waals surface area (Å²) in [6.45, 7) is 5.92. The van der Waals surface area contributed by atoms with Crippen molar-refractivity contribution in [2.75, 3.05) is 20.6 Å². The van der Waals surface area contributed by atoms with Crippen molar-refractivity contribution in [3.8, 4) is 0 Å². The van der Waals surface area contributed by atoms with Crippen LogP contribution in [-0.4, -0.2) is 48.0 Å². The number of nitrogens with one attached hydrogen (secondary N) is 2. The molecule has 26 heavy (non-hydrogen) atoms. The van der Waals surface area contributed by atoms with Crippen LogP contribution in [0, 0.1) is 13.8 Å². The summed E-state index contributed by atoms with van der Waals surface area (Å²) >= 11 is 0. The number of rotatable bonds is 7. The van der Waals surface area contributed by atoms with Gasteiger partial charge in [-0.15, -0.1) is 0 Å². The molecule has 2 rings (SSSR count). The third-order valence-corrected chi connectivity index (χ3v) is 4.38. The Morgan fingerprint density at radius 2 is 1.73 bits per heavy atom. The van der Waals surface area contributed by atoms with E-state index in [1.54, 1.807) is 33.0 Å². The van der Waals surface area contributed by atoms with Crippen LogP contribution in [0.5, 0.6) is 0 Å². The van der Waals surface area contributed by atoms with E-state index in [-0.39, 0.29) is 24.0 Å². The maximum absolute atomic E-state index is 12.6. The van der Waals surface area contributed by atoms with Gasteiger partial charge in [-0.3, -0.25) is 19.3 Å². The molecule has 138 valence electrons. The van der Waals surface area contributed by atoms with Crippen LogP contribution >= 0.6 is 0 Å². The zero-order chi connectivity index (χ0) is 19.4. The second-order valence-corrected chi connectivity index (χ2v) is 6.55. The maximum Gasteiger partial charge on any atom is 0.251 e. The van der Waals surface area contributed by atoms with Crippen LogP contribution in [0.15, 0.2) is 24.3 Å². The standard InChI is InChI=1S/C20H25N3O3/c1-12-18(14(3)24)13(2)22-19(12)17(25)11-23(5)10-15-6-8-16(9-7-15)20(26)21-4/h6-9,22H,10-11H2,1-5H3,(H,21,26). The predicted octanol–water partition coefficient (Wildman–Crippen LogP) is 2.51. The molecule has 0 saturated heterocycles. The van der Waals surface area contributed by atoms with Crippen LogP contribution < -0.4 is 5.32 Å². The van der Waals surface area contributed by atoms with E-state index in [2.05, 4.69) is 10.3 Å². The number of nitrogens with zero attached hydrogens (tertiary/aromatic N) is 1. The summed E-state index contributed by atoms with van der Waals surface area (Å²) in [6, 6.07) is 7.29. The van der Waals surface area contributed by atoms with Crippen molar-refractivity contribution >= 4 is 17.5 Å². The van der Waals surface area contributed by atoms with Crippen molar-refractivity contribution in [1.82, 2.24) is 15.2 Å². The van der Waals surface area contributed by atoms with Gasteiger partial charge in [0.05, 0.1) is 12.2 Å². The molecule has 0 radical (unpaired) electrons. The Kier molecular flexibility index (Phi) is 6.10. The normalized spacial score (nSPS) is 10.8. The lowest BCUT2D eigenvalue weighted by atomic mass is 10.1. The molecule has 6 heteroatoms. The van der Waals surface area contributed by atoms with Crippen LogP contribution in [-0.2, 0) is 6.54 Å². The van der Waals surface area contributed by atoms with Gasteiger partial charge < -0.3 is 10.3 Å². The lowest BCUT2D eigenvalue weighted by Crippen LogP contribution is -2.26. The molecule has 1 aromatic carbocycles. The first kappa shape index (κ1) is 19.6. The van der Waals surface area contributed by atoms with E-state index >= 15 is 0 Å². The molecule has 0 aliphatic carbocycles. The van der Waals surface area contributed by atoms with Crippen molar-refractivity contribution in [1.29, 1.82) is 0 Å². The molecule has 0 aliphatic heterocycles. The van der Waals surface area contributed by atoms with E-state index in [1.807, 2.05) is 24.1 Å². The SMILES string of the molecule is CNC(=O)c1ccc(CN(C)CC(=O)c2[nH]c(C)c(C(C)=O)c2C)cc1. The minimum atomic E-state index is -0.126. The molecule has 0 fully saturated rings. The minimum Gasteiger partial charge on any atom is -0.355 e. The van der Waals surface area contributed by atoms with Gasteiger partial charge >= 0.3 is 0 Å². The van der Waals surface area contributed by atoms with Crippen molar-refractivity contribution in [2.24, 2.45) is 0 Å². The number of amides is 1. The first-order chi connectivity index (χ1) is 12.2. The maximum atomic E-state index is 12.6. The van der Waals surface area contributed by atoms with Crippen LogP contribution in [0.1, 0.15) is 54.9 Å². The van der Waals surface area contributed by atoms with Gasteiger partial charge in [-0.1, -0.05) is 12.1 Å². The summed E-state index contributed by atoms with van der Waals surface area (Å²) in [5.74, 6) is -0.221. The molecule has 2 aromatic rings. The van der Waals surface area contributed by atoms with Gasteiger partial charge in [0.15, 0.2) is 11.6 Å². The summed E-state index contributed by atoms with van der Waals surface area (Å²) < 4.78 is 0. The van der Waals surface area contributed by atoms with Crippen molar-refractivity contribution in [2.45, 2.75) is 27.3 Å². The summed E-state index contributed by atoms with van der Waals surface area (Å²) in [5, 5.41) is 2.58. The van der Waals surface area contributed by atoms with Gasteiger partial charge in [-0.05, 0) is 51.1 Å². The molecular weight excluding hydrogens is 330 g/mol. The van der Waals surface area contributed by atoms with Gasteiger partial charge in [-0.2, -0.15) is 0 Å². The first-order valence-electron chi connectivity index (χ1n) is 8.47. The average molecular weight is 355 g/mol. The number of ketones is 2. The Balaban J connectivity index is 2.05. The summed E-state index contributed by atoms with van der Waals surface area (Å²) in [7, 11) is 3.46. The molecule has 1 aromatic heterocycles. The number of aryl methyl sites for hydroxylation is 1. The fourth-order valence-electron chi connectivity index (χ4n) is 3.15. The third-order valence-electron chi connectivity index (χ3n) is 4.38. The number of benzene rings is 1. The molecular formula is C20H25N3O3. The Hall–Kier alpha value is -2.73. The number of carbonyl (C=O) groups excluding carboxylic acids is 3. The minimum absolute atomic E-state index is 0.0418. The molecule has 2 N–H and O–H groups in total. The summed E-state index contributed by atoms with van der Waals surface area (Å²) in [6.07, 6.45) is 0. The second-order valence-electron chi connectivity index (χ2n) is 6.55. The molecule has 0 bridgehead atoms. The average Bonchev–Trinajstić information content (AvgIpc) is 2.89. The number of likely N-dealkylation sites (N-methyl/N-ethyl adjacent to an activating group) is 1. The van der Waals surface area contributed by atoms with Gasteiger partial charge in [0.1, 0.15) is 0 Å². The molecule has 0 aliphatic rings. The molecule has 0 unspecified atom stereocenters. The van der Waals surface area contributed by atoms with E-state index in [9.17, 15) is 14.4 Å². The van der Waals surface area contributed by atoms with Gasteiger partial charge in [-0.25, -0.2) is 0 Å². The van der Waals surface area contributed by atoms with Crippen molar-refractivity contribution < 1.29 is 14.4 Å². The van der Waals surface area contributed by atoms with Crippen LogP contribution in [0.25, 0.3) is 0 Å². The predicted molar refractivity (Wildman–Crippen MR) is 101 cm³/mol. The lowest BCUT2D eigenvalue weighted by molar-refractivity contribution is 0.0936. The fourth-order valence-corrected chi connectivity index (χ4v) is 3.15. The Labute approximate surface area is 153 Å². The number of hydrogen-bond acceptors (Lipinski definition) is 4. The summed E-state index contributed by atoms with van der Waals surface area (Å²) in [4.78, 5) is 40.8. The van der Waals surface area contributed by atoms with Gasteiger partial charge in [0.2, 0.25) is 0 Å². The number of carbonyl (C=O) groups is 3. The molecule has 6 nitrogen and oxygen atoms in total. The van der Waals surface area contributed by atoms with Gasteiger partial charge in [0.25, 0.3) is 5.91 Å². The molecule has 1 amide bonds. The Morgan fingerprint density at radius 1 is 1.12 bits per heavy atom. The van der Waals surface area contributed by atoms with Crippen LogP contribution in [0.4, 0.5) is 0 Å². The number of hydrogen-bond donors (Lipinski definition) is 2. The molecule has 0 atom stereocenters. The zero-order valence-electron chi connectivity index (χ0n) is 15.9.